The third-order valence-corrected chi connectivity index (χ3v) is 5.31. The average Bonchev–Trinajstić information content (AvgIpc) is 2.89. The molecule has 0 aromatic rings. The summed E-state index contributed by atoms with van der Waals surface area (Å²) in [4.78, 5) is 5.24. The maximum absolute atomic E-state index is 6.18. The van der Waals surface area contributed by atoms with E-state index in [0.29, 0.717) is 6.10 Å². The summed E-state index contributed by atoms with van der Waals surface area (Å²) >= 11 is 0. The lowest BCUT2D eigenvalue weighted by Gasteiger charge is -2.57. The molecule has 4 heterocycles. The summed E-state index contributed by atoms with van der Waals surface area (Å²) in [6, 6.07) is 0. The fraction of sp³-hybridized carbons (Fsp3) is 1.00. The second-order valence-electron chi connectivity index (χ2n) is 5.95. The van der Waals surface area contributed by atoms with Crippen molar-refractivity contribution in [1.82, 2.24) is 9.80 Å². The van der Waals surface area contributed by atoms with E-state index in [9.17, 15) is 0 Å². The van der Waals surface area contributed by atoms with E-state index >= 15 is 0 Å². The Labute approximate surface area is 104 Å². The van der Waals surface area contributed by atoms with Crippen molar-refractivity contribution in [2.24, 2.45) is 11.7 Å². The Balaban J connectivity index is 1.78. The van der Waals surface area contributed by atoms with E-state index in [1.165, 1.54) is 45.4 Å². The minimum absolute atomic E-state index is 0.254. The van der Waals surface area contributed by atoms with Crippen LogP contribution in [0.4, 0.5) is 0 Å². The van der Waals surface area contributed by atoms with Gasteiger partial charge in [-0.15, -0.1) is 0 Å². The highest BCUT2D eigenvalue weighted by Crippen LogP contribution is 2.40. The van der Waals surface area contributed by atoms with E-state index in [2.05, 4.69) is 9.80 Å². The summed E-state index contributed by atoms with van der Waals surface area (Å²) in [5, 5.41) is 0. The van der Waals surface area contributed by atoms with Crippen LogP contribution in [0.3, 0.4) is 0 Å². The van der Waals surface area contributed by atoms with Gasteiger partial charge in [-0.3, -0.25) is 4.90 Å². The van der Waals surface area contributed by atoms with Gasteiger partial charge >= 0.3 is 0 Å². The standard InChI is InChI=1S/C13H25N3O/c1-17-12-4-7-16(8-12)13(9-14)10-15-5-2-11(13)3-6-15/h11-12H,2-10,14H2,1H3. The van der Waals surface area contributed by atoms with E-state index < -0.39 is 0 Å². The van der Waals surface area contributed by atoms with Gasteiger partial charge in [0.2, 0.25) is 0 Å². The molecule has 2 unspecified atom stereocenters. The van der Waals surface area contributed by atoms with Crippen LogP contribution >= 0.6 is 0 Å². The van der Waals surface area contributed by atoms with Crippen molar-refractivity contribution in [1.29, 1.82) is 0 Å². The summed E-state index contributed by atoms with van der Waals surface area (Å²) in [5.74, 6) is 0.813. The van der Waals surface area contributed by atoms with E-state index in [4.69, 9.17) is 10.5 Å². The minimum atomic E-state index is 0.254. The first-order valence-corrected chi connectivity index (χ1v) is 6.99. The number of rotatable bonds is 3. The largest absolute Gasteiger partial charge is 0.380 e. The van der Waals surface area contributed by atoms with Gasteiger partial charge in [-0.1, -0.05) is 0 Å². The van der Waals surface area contributed by atoms with Crippen molar-refractivity contribution < 1.29 is 4.74 Å². The van der Waals surface area contributed by atoms with Crippen LogP contribution in [0.25, 0.3) is 0 Å². The minimum Gasteiger partial charge on any atom is -0.380 e. The maximum Gasteiger partial charge on any atom is 0.0710 e. The Bertz CT molecular complexity index is 278. The normalized spacial score (nSPS) is 46.6. The lowest BCUT2D eigenvalue weighted by molar-refractivity contribution is -0.0623. The Morgan fingerprint density at radius 3 is 2.47 bits per heavy atom. The molecule has 4 rings (SSSR count). The van der Waals surface area contributed by atoms with Gasteiger partial charge in [-0.05, 0) is 38.3 Å². The number of hydrogen-bond donors (Lipinski definition) is 1. The van der Waals surface area contributed by atoms with Crippen LogP contribution in [0.2, 0.25) is 0 Å². The van der Waals surface area contributed by atoms with E-state index in [1.54, 1.807) is 0 Å². The molecule has 4 aliphatic rings. The van der Waals surface area contributed by atoms with Crippen LogP contribution in [0.1, 0.15) is 19.3 Å². The number of nitrogens with two attached hydrogens (primary N) is 1. The zero-order valence-electron chi connectivity index (χ0n) is 10.9. The van der Waals surface area contributed by atoms with Gasteiger partial charge in [0.15, 0.2) is 0 Å². The summed E-state index contributed by atoms with van der Waals surface area (Å²) in [6.07, 6.45) is 4.27. The fourth-order valence-electron chi connectivity index (χ4n) is 4.19. The summed E-state index contributed by atoms with van der Waals surface area (Å²) in [7, 11) is 1.83. The van der Waals surface area contributed by atoms with Gasteiger partial charge in [0.1, 0.15) is 0 Å². The predicted molar refractivity (Wildman–Crippen MR) is 67.9 cm³/mol. The smallest absolute Gasteiger partial charge is 0.0710 e. The fourth-order valence-corrected chi connectivity index (χ4v) is 4.19. The molecule has 0 aliphatic carbocycles. The van der Waals surface area contributed by atoms with E-state index in [1.807, 2.05) is 7.11 Å². The van der Waals surface area contributed by atoms with E-state index in [0.717, 1.165) is 19.0 Å². The van der Waals surface area contributed by atoms with Crippen molar-refractivity contribution in [3.63, 3.8) is 0 Å². The van der Waals surface area contributed by atoms with Crippen LogP contribution < -0.4 is 5.73 Å². The summed E-state index contributed by atoms with van der Waals surface area (Å²) < 4.78 is 5.51. The highest BCUT2D eigenvalue weighted by Gasteiger charge is 2.50. The molecule has 0 spiro atoms. The Morgan fingerprint density at radius 1 is 1.24 bits per heavy atom. The first kappa shape index (κ1) is 11.9. The van der Waals surface area contributed by atoms with Crippen LogP contribution in [-0.4, -0.2) is 67.8 Å². The van der Waals surface area contributed by atoms with Gasteiger partial charge in [0, 0.05) is 38.8 Å². The Hall–Kier alpha value is -0.160. The third-order valence-electron chi connectivity index (χ3n) is 5.31. The molecular weight excluding hydrogens is 214 g/mol. The van der Waals surface area contributed by atoms with Gasteiger partial charge in [-0.25, -0.2) is 0 Å². The van der Waals surface area contributed by atoms with Gasteiger partial charge in [0.05, 0.1) is 6.10 Å². The van der Waals surface area contributed by atoms with E-state index in [-0.39, 0.29) is 5.54 Å². The molecule has 0 saturated carbocycles. The SMILES string of the molecule is COC1CCN(C2(CN)CN3CCC2CC3)C1. The number of likely N-dealkylation sites (tertiary alicyclic amines) is 1. The van der Waals surface area contributed by atoms with Gasteiger partial charge in [0.25, 0.3) is 0 Å². The van der Waals surface area contributed by atoms with Crippen molar-refractivity contribution >= 4 is 0 Å². The number of nitrogens with zero attached hydrogens (tertiary/aromatic N) is 2. The molecule has 2 bridgehead atoms. The molecule has 0 radical (unpaired) electrons. The zero-order chi connectivity index (χ0) is 11.9. The monoisotopic (exact) mass is 239 g/mol. The highest BCUT2D eigenvalue weighted by molar-refractivity contribution is 5.07. The van der Waals surface area contributed by atoms with Gasteiger partial charge < -0.3 is 15.4 Å². The lowest BCUT2D eigenvalue weighted by Crippen LogP contribution is -2.69. The molecule has 0 aromatic carbocycles. The number of hydrogen-bond acceptors (Lipinski definition) is 4. The van der Waals surface area contributed by atoms with Crippen LogP contribution in [0, 0.1) is 5.92 Å². The molecule has 2 N–H and O–H groups in total. The average molecular weight is 239 g/mol. The molecule has 4 nitrogen and oxygen atoms in total. The molecule has 4 aliphatic heterocycles. The molecular formula is C13H25N3O. The van der Waals surface area contributed by atoms with Crippen molar-refractivity contribution in [3.8, 4) is 0 Å². The van der Waals surface area contributed by atoms with Gasteiger partial charge in [-0.2, -0.15) is 0 Å². The Morgan fingerprint density at radius 2 is 2.00 bits per heavy atom. The number of fused-ring (bicyclic) bond motifs is 3. The molecule has 4 fully saturated rings. The zero-order valence-corrected chi connectivity index (χ0v) is 10.9. The second-order valence-corrected chi connectivity index (χ2v) is 5.95. The first-order valence-electron chi connectivity index (χ1n) is 6.99. The maximum atomic E-state index is 6.18. The number of methoxy groups -OCH3 is 1. The molecule has 17 heavy (non-hydrogen) atoms. The van der Waals surface area contributed by atoms with Crippen LogP contribution in [-0.2, 0) is 4.74 Å². The predicted octanol–water partition coefficient (Wildman–Crippen LogP) is 0.130. The molecule has 4 heteroatoms. The van der Waals surface area contributed by atoms with Crippen LogP contribution in [0.5, 0.6) is 0 Å². The third kappa shape index (κ3) is 1.82. The van der Waals surface area contributed by atoms with Crippen molar-refractivity contribution in [2.45, 2.75) is 30.9 Å². The quantitative estimate of drug-likeness (QED) is 0.760. The topological polar surface area (TPSA) is 41.7 Å². The highest BCUT2D eigenvalue weighted by atomic mass is 16.5. The number of ether oxygens (including phenoxy) is 1. The molecule has 0 aromatic heterocycles. The lowest BCUT2D eigenvalue weighted by atomic mass is 9.71. The second kappa shape index (κ2) is 4.50. The van der Waals surface area contributed by atoms with Crippen molar-refractivity contribution in [2.75, 3.05) is 46.4 Å². The van der Waals surface area contributed by atoms with Crippen LogP contribution in [0.15, 0.2) is 0 Å². The summed E-state index contributed by atoms with van der Waals surface area (Å²) in [5.41, 5.74) is 6.44. The molecule has 0 amide bonds. The summed E-state index contributed by atoms with van der Waals surface area (Å²) in [6.45, 7) is 6.81. The first-order chi connectivity index (χ1) is 8.28. The Kier molecular flexibility index (Phi) is 3.15. The molecule has 4 saturated heterocycles. The molecule has 2 atom stereocenters. The number of piperidine rings is 3. The van der Waals surface area contributed by atoms with Crippen molar-refractivity contribution in [3.05, 3.63) is 0 Å². The molecule has 98 valence electrons.